The van der Waals surface area contributed by atoms with Crippen molar-refractivity contribution in [2.75, 3.05) is 25.6 Å². The van der Waals surface area contributed by atoms with Gasteiger partial charge in [-0.1, -0.05) is 30.4 Å². The van der Waals surface area contributed by atoms with E-state index in [0.717, 1.165) is 24.1 Å². The predicted molar refractivity (Wildman–Crippen MR) is 113 cm³/mol. The van der Waals surface area contributed by atoms with Crippen LogP contribution in [0.15, 0.2) is 48.5 Å². The van der Waals surface area contributed by atoms with E-state index in [4.69, 9.17) is 9.47 Å². The molecule has 1 saturated heterocycles. The van der Waals surface area contributed by atoms with Crippen LogP contribution in [-0.4, -0.2) is 37.0 Å². The zero-order chi connectivity index (χ0) is 20.6. The predicted octanol–water partition coefficient (Wildman–Crippen LogP) is 3.87. The Bertz CT molecular complexity index is 908. The van der Waals surface area contributed by atoms with Crippen LogP contribution in [0.5, 0.6) is 11.5 Å². The molecule has 6 heteroatoms. The summed E-state index contributed by atoms with van der Waals surface area (Å²) in [4.78, 5) is 25.9. The molecule has 0 atom stereocenters. The average Bonchev–Trinajstić information content (AvgIpc) is 3.12. The second kappa shape index (κ2) is 9.78. The van der Waals surface area contributed by atoms with E-state index in [2.05, 4.69) is 5.32 Å². The fraction of sp³-hybridized carbons (Fsp3) is 0.304. The molecule has 1 aliphatic rings. The van der Waals surface area contributed by atoms with Crippen LogP contribution in [0.25, 0.3) is 6.08 Å². The summed E-state index contributed by atoms with van der Waals surface area (Å²) in [6.45, 7) is 3.17. The van der Waals surface area contributed by atoms with Gasteiger partial charge < -0.3 is 19.7 Å². The molecule has 152 valence electrons. The van der Waals surface area contributed by atoms with Gasteiger partial charge in [0.25, 0.3) is 5.91 Å². The molecule has 0 unspecified atom stereocenters. The monoisotopic (exact) mass is 394 g/mol. The van der Waals surface area contributed by atoms with Crippen LogP contribution in [0.4, 0.5) is 5.69 Å². The number of hydrogen-bond acceptors (Lipinski definition) is 4. The van der Waals surface area contributed by atoms with Crippen molar-refractivity contribution >= 4 is 23.6 Å². The number of benzene rings is 2. The molecule has 1 fully saturated rings. The number of nitrogens with zero attached hydrogens (tertiary/aromatic N) is 1. The molecule has 0 aliphatic carbocycles. The summed E-state index contributed by atoms with van der Waals surface area (Å²) in [5, 5.41) is 2.84. The van der Waals surface area contributed by atoms with Crippen molar-refractivity contribution in [1.29, 1.82) is 0 Å². The molecule has 2 amide bonds. The summed E-state index contributed by atoms with van der Waals surface area (Å²) in [6.07, 6.45) is 5.43. The highest BCUT2D eigenvalue weighted by molar-refractivity contribution is 5.92. The molecule has 0 radical (unpaired) electrons. The molecule has 0 aromatic heterocycles. The van der Waals surface area contributed by atoms with E-state index in [9.17, 15) is 9.59 Å². The molecule has 0 spiro atoms. The quantitative estimate of drug-likeness (QED) is 0.738. The van der Waals surface area contributed by atoms with Gasteiger partial charge in [-0.25, -0.2) is 0 Å². The summed E-state index contributed by atoms with van der Waals surface area (Å²) in [5.41, 5.74) is 2.66. The fourth-order valence-electron chi connectivity index (χ4n) is 3.28. The fourth-order valence-corrected chi connectivity index (χ4v) is 3.28. The van der Waals surface area contributed by atoms with E-state index < -0.39 is 0 Å². The highest BCUT2D eigenvalue weighted by Gasteiger charge is 2.20. The highest BCUT2D eigenvalue weighted by atomic mass is 16.5. The first kappa shape index (κ1) is 20.5. The van der Waals surface area contributed by atoms with Crippen LogP contribution < -0.4 is 14.8 Å². The van der Waals surface area contributed by atoms with Crippen LogP contribution >= 0.6 is 0 Å². The summed E-state index contributed by atoms with van der Waals surface area (Å²) in [7, 11) is 1.57. The van der Waals surface area contributed by atoms with E-state index >= 15 is 0 Å². The smallest absolute Gasteiger partial charge is 0.262 e. The molecule has 2 aromatic carbocycles. The standard InChI is InChI=1S/C23H26N2O4/c1-3-6-17-10-11-20(21(14-17)28-2)29-16-22(26)24-19-8-4-7-18(13-19)15-25-12-5-9-23(25)27/h3-4,6-8,10-11,13-14H,5,9,12,15-16H2,1-2H3,(H,24,26)/b6-3+. The minimum Gasteiger partial charge on any atom is -0.493 e. The van der Waals surface area contributed by atoms with E-state index in [-0.39, 0.29) is 18.4 Å². The van der Waals surface area contributed by atoms with Gasteiger partial charge in [-0.2, -0.15) is 0 Å². The maximum Gasteiger partial charge on any atom is 0.262 e. The lowest BCUT2D eigenvalue weighted by Gasteiger charge is -2.16. The number of methoxy groups -OCH3 is 1. The van der Waals surface area contributed by atoms with Crippen molar-refractivity contribution < 1.29 is 19.1 Å². The summed E-state index contributed by atoms with van der Waals surface area (Å²) in [6, 6.07) is 13.1. The lowest BCUT2D eigenvalue weighted by molar-refractivity contribution is -0.128. The number of hydrogen-bond donors (Lipinski definition) is 1. The average molecular weight is 394 g/mol. The van der Waals surface area contributed by atoms with E-state index in [1.165, 1.54) is 0 Å². The lowest BCUT2D eigenvalue weighted by Crippen LogP contribution is -2.24. The van der Waals surface area contributed by atoms with Crippen LogP contribution in [-0.2, 0) is 16.1 Å². The maximum absolute atomic E-state index is 12.3. The SMILES string of the molecule is C/C=C/c1ccc(OCC(=O)Nc2cccc(CN3CCCC3=O)c2)c(OC)c1. The van der Waals surface area contributed by atoms with Gasteiger partial charge in [0.15, 0.2) is 18.1 Å². The second-order valence-electron chi connectivity index (χ2n) is 6.87. The Labute approximate surface area is 171 Å². The Kier molecular flexibility index (Phi) is 6.89. The van der Waals surface area contributed by atoms with E-state index in [1.807, 2.05) is 60.4 Å². The number of nitrogens with one attached hydrogen (secondary N) is 1. The molecule has 1 aliphatic heterocycles. The van der Waals surface area contributed by atoms with E-state index in [1.54, 1.807) is 13.2 Å². The number of carbonyl (C=O) groups is 2. The Morgan fingerprint density at radius 1 is 1.21 bits per heavy atom. The Balaban J connectivity index is 1.57. The van der Waals surface area contributed by atoms with Gasteiger partial charge in [-0.15, -0.1) is 0 Å². The Morgan fingerprint density at radius 2 is 2.07 bits per heavy atom. The molecule has 2 aromatic rings. The van der Waals surface area contributed by atoms with Gasteiger partial charge in [0, 0.05) is 25.2 Å². The Morgan fingerprint density at radius 3 is 2.79 bits per heavy atom. The molecule has 3 rings (SSSR count). The van der Waals surface area contributed by atoms with Crippen molar-refractivity contribution in [2.24, 2.45) is 0 Å². The van der Waals surface area contributed by atoms with Crippen LogP contribution in [0.2, 0.25) is 0 Å². The molecule has 1 N–H and O–H groups in total. The summed E-state index contributed by atoms with van der Waals surface area (Å²) >= 11 is 0. The van der Waals surface area contributed by atoms with Crippen LogP contribution in [0.1, 0.15) is 30.9 Å². The molecular formula is C23H26N2O4. The first-order valence-corrected chi connectivity index (χ1v) is 9.69. The molecule has 1 heterocycles. The van der Waals surface area contributed by atoms with Crippen molar-refractivity contribution in [1.82, 2.24) is 4.90 Å². The minimum absolute atomic E-state index is 0.131. The first-order valence-electron chi connectivity index (χ1n) is 9.69. The number of anilines is 1. The Hall–Kier alpha value is -3.28. The van der Waals surface area contributed by atoms with Crippen molar-refractivity contribution in [3.05, 3.63) is 59.7 Å². The van der Waals surface area contributed by atoms with Gasteiger partial charge in [0.2, 0.25) is 5.91 Å². The van der Waals surface area contributed by atoms with Gasteiger partial charge in [-0.05, 0) is 48.7 Å². The first-order chi connectivity index (χ1) is 14.1. The third kappa shape index (κ3) is 5.60. The number of carbonyl (C=O) groups excluding carboxylic acids is 2. The number of ether oxygens (including phenoxy) is 2. The zero-order valence-corrected chi connectivity index (χ0v) is 16.8. The van der Waals surface area contributed by atoms with Crippen molar-refractivity contribution in [3.63, 3.8) is 0 Å². The van der Waals surface area contributed by atoms with Crippen LogP contribution in [0, 0.1) is 0 Å². The second-order valence-corrected chi connectivity index (χ2v) is 6.87. The van der Waals surface area contributed by atoms with Crippen molar-refractivity contribution in [3.8, 4) is 11.5 Å². The molecule has 0 saturated carbocycles. The van der Waals surface area contributed by atoms with Gasteiger partial charge in [0.05, 0.1) is 7.11 Å². The molecule has 6 nitrogen and oxygen atoms in total. The maximum atomic E-state index is 12.3. The topological polar surface area (TPSA) is 67.9 Å². The van der Waals surface area contributed by atoms with Crippen molar-refractivity contribution in [2.45, 2.75) is 26.3 Å². The zero-order valence-electron chi connectivity index (χ0n) is 16.8. The highest BCUT2D eigenvalue weighted by Crippen LogP contribution is 2.28. The number of rotatable bonds is 8. The normalized spacial score (nSPS) is 13.7. The number of amides is 2. The number of allylic oxidation sites excluding steroid dienone is 1. The summed E-state index contributed by atoms with van der Waals surface area (Å²) < 4.78 is 11.0. The van der Waals surface area contributed by atoms with Gasteiger partial charge in [-0.3, -0.25) is 9.59 Å². The largest absolute Gasteiger partial charge is 0.493 e. The lowest BCUT2D eigenvalue weighted by atomic mass is 10.2. The third-order valence-electron chi connectivity index (χ3n) is 4.66. The minimum atomic E-state index is -0.265. The third-order valence-corrected chi connectivity index (χ3v) is 4.66. The van der Waals surface area contributed by atoms with Gasteiger partial charge >= 0.3 is 0 Å². The molecule has 29 heavy (non-hydrogen) atoms. The van der Waals surface area contributed by atoms with Crippen LogP contribution in [0.3, 0.4) is 0 Å². The summed E-state index contributed by atoms with van der Waals surface area (Å²) in [5.74, 6) is 1.00. The molecule has 0 bridgehead atoms. The van der Waals surface area contributed by atoms with Gasteiger partial charge in [0.1, 0.15) is 0 Å². The molecular weight excluding hydrogens is 368 g/mol. The van der Waals surface area contributed by atoms with E-state index in [0.29, 0.717) is 30.2 Å². The number of likely N-dealkylation sites (tertiary alicyclic amines) is 1.